The van der Waals surface area contributed by atoms with Crippen LogP contribution in [0.2, 0.25) is 5.02 Å². The molecule has 20 heavy (non-hydrogen) atoms. The van der Waals surface area contributed by atoms with Gasteiger partial charge in [0.05, 0.1) is 12.2 Å². The summed E-state index contributed by atoms with van der Waals surface area (Å²) in [5.41, 5.74) is 2.47. The van der Waals surface area contributed by atoms with E-state index in [4.69, 9.17) is 11.6 Å². The molecule has 0 saturated heterocycles. The Hall–Kier alpha value is -1.68. The van der Waals surface area contributed by atoms with Crippen molar-refractivity contribution in [1.82, 2.24) is 15.0 Å². The van der Waals surface area contributed by atoms with Gasteiger partial charge in [0.25, 0.3) is 0 Å². The van der Waals surface area contributed by atoms with Crippen LogP contribution in [0.5, 0.6) is 0 Å². The summed E-state index contributed by atoms with van der Waals surface area (Å²) < 4.78 is 1.82. The lowest BCUT2D eigenvalue weighted by molar-refractivity contribution is 0.111. The normalized spacial score (nSPS) is 11.0. The minimum atomic E-state index is 0.303. The highest BCUT2D eigenvalue weighted by molar-refractivity contribution is 6.30. The Bertz CT molecular complexity index is 573. The smallest absolute Gasteiger partial charge is 0.172 e. The fourth-order valence-corrected chi connectivity index (χ4v) is 2.52. The highest BCUT2D eigenvalue weighted by Gasteiger charge is 2.19. The van der Waals surface area contributed by atoms with Crippen LogP contribution in [0.25, 0.3) is 0 Å². The van der Waals surface area contributed by atoms with Gasteiger partial charge in [0.2, 0.25) is 0 Å². The standard InChI is InChI=1S/C15H18ClN3O/c1-3-12(4-2)15-14(10-20)17-18-19(15)9-11-5-7-13(16)8-6-11/h5-8,10,12H,3-4,9H2,1-2H3. The number of nitrogens with zero attached hydrogens (tertiary/aromatic N) is 3. The molecule has 0 fully saturated rings. The zero-order chi connectivity index (χ0) is 14.5. The summed E-state index contributed by atoms with van der Waals surface area (Å²) in [6.45, 7) is 4.83. The van der Waals surface area contributed by atoms with Crippen LogP contribution in [0.15, 0.2) is 24.3 Å². The molecule has 1 aromatic heterocycles. The maximum Gasteiger partial charge on any atom is 0.172 e. The first-order valence-electron chi connectivity index (χ1n) is 6.82. The number of rotatable bonds is 6. The molecule has 0 N–H and O–H groups in total. The zero-order valence-electron chi connectivity index (χ0n) is 11.7. The van der Waals surface area contributed by atoms with Gasteiger partial charge in [0.1, 0.15) is 5.69 Å². The van der Waals surface area contributed by atoms with Crippen LogP contribution < -0.4 is 0 Å². The van der Waals surface area contributed by atoms with Crippen LogP contribution in [0.3, 0.4) is 0 Å². The van der Waals surface area contributed by atoms with E-state index in [0.717, 1.165) is 30.4 Å². The lowest BCUT2D eigenvalue weighted by Gasteiger charge is -2.15. The molecule has 0 unspecified atom stereocenters. The van der Waals surface area contributed by atoms with Gasteiger partial charge < -0.3 is 0 Å². The van der Waals surface area contributed by atoms with Gasteiger partial charge in [-0.15, -0.1) is 5.10 Å². The molecule has 4 nitrogen and oxygen atoms in total. The minimum absolute atomic E-state index is 0.303. The zero-order valence-corrected chi connectivity index (χ0v) is 12.5. The van der Waals surface area contributed by atoms with E-state index in [9.17, 15) is 4.79 Å². The van der Waals surface area contributed by atoms with Crippen LogP contribution in [0.4, 0.5) is 0 Å². The van der Waals surface area contributed by atoms with E-state index in [1.54, 1.807) is 0 Å². The summed E-state index contributed by atoms with van der Waals surface area (Å²) in [7, 11) is 0. The van der Waals surface area contributed by atoms with Crippen LogP contribution >= 0.6 is 11.6 Å². The summed E-state index contributed by atoms with van der Waals surface area (Å²) in [5.74, 6) is 0.303. The van der Waals surface area contributed by atoms with Gasteiger partial charge in [0, 0.05) is 10.9 Å². The van der Waals surface area contributed by atoms with Gasteiger partial charge >= 0.3 is 0 Å². The lowest BCUT2D eigenvalue weighted by atomic mass is 9.97. The Morgan fingerprint density at radius 3 is 2.45 bits per heavy atom. The Labute approximate surface area is 123 Å². The van der Waals surface area contributed by atoms with E-state index in [1.807, 2.05) is 28.9 Å². The van der Waals surface area contributed by atoms with Crippen molar-refractivity contribution in [2.45, 2.75) is 39.2 Å². The predicted octanol–water partition coefficient (Wildman–Crippen LogP) is 3.70. The van der Waals surface area contributed by atoms with E-state index in [1.165, 1.54) is 0 Å². The van der Waals surface area contributed by atoms with E-state index in [-0.39, 0.29) is 0 Å². The molecular formula is C15H18ClN3O. The SMILES string of the molecule is CCC(CC)c1c(C=O)nnn1Cc1ccc(Cl)cc1. The Balaban J connectivity index is 2.34. The van der Waals surface area contributed by atoms with Crippen LogP contribution in [0.1, 0.15) is 54.4 Å². The van der Waals surface area contributed by atoms with E-state index < -0.39 is 0 Å². The van der Waals surface area contributed by atoms with Crippen LogP contribution in [0, 0.1) is 0 Å². The average Bonchev–Trinajstić information content (AvgIpc) is 2.86. The highest BCUT2D eigenvalue weighted by atomic mass is 35.5. The number of carbonyl (C=O) groups excluding carboxylic acids is 1. The summed E-state index contributed by atoms with van der Waals surface area (Å²) in [6.07, 6.45) is 2.72. The second-order valence-electron chi connectivity index (χ2n) is 4.78. The third-order valence-electron chi connectivity index (χ3n) is 3.53. The fourth-order valence-electron chi connectivity index (χ4n) is 2.39. The average molecular weight is 292 g/mol. The first-order valence-corrected chi connectivity index (χ1v) is 7.20. The predicted molar refractivity (Wildman–Crippen MR) is 79.3 cm³/mol. The molecule has 5 heteroatoms. The van der Waals surface area contributed by atoms with Crippen molar-refractivity contribution in [3.05, 3.63) is 46.2 Å². The van der Waals surface area contributed by atoms with Crippen molar-refractivity contribution in [1.29, 1.82) is 0 Å². The number of aldehydes is 1. The molecule has 1 aromatic carbocycles. The van der Waals surface area contributed by atoms with Gasteiger partial charge in [-0.3, -0.25) is 4.79 Å². The van der Waals surface area contributed by atoms with Crippen molar-refractivity contribution in [2.75, 3.05) is 0 Å². The van der Waals surface area contributed by atoms with E-state index in [0.29, 0.717) is 23.2 Å². The molecule has 0 atom stereocenters. The monoisotopic (exact) mass is 291 g/mol. The third-order valence-corrected chi connectivity index (χ3v) is 3.78. The maximum absolute atomic E-state index is 11.1. The van der Waals surface area contributed by atoms with Gasteiger partial charge in [-0.05, 0) is 30.5 Å². The lowest BCUT2D eigenvalue weighted by Crippen LogP contribution is -2.11. The van der Waals surface area contributed by atoms with Crippen molar-refractivity contribution in [2.24, 2.45) is 0 Å². The second kappa shape index (κ2) is 6.66. The highest BCUT2D eigenvalue weighted by Crippen LogP contribution is 2.25. The molecule has 0 radical (unpaired) electrons. The molecule has 2 aromatic rings. The van der Waals surface area contributed by atoms with Gasteiger partial charge in [0.15, 0.2) is 6.29 Å². The Morgan fingerprint density at radius 2 is 1.90 bits per heavy atom. The van der Waals surface area contributed by atoms with Gasteiger partial charge in [-0.2, -0.15) is 0 Å². The second-order valence-corrected chi connectivity index (χ2v) is 5.21. The molecule has 106 valence electrons. The molecule has 0 spiro atoms. The molecule has 0 bridgehead atoms. The number of hydrogen-bond acceptors (Lipinski definition) is 3. The topological polar surface area (TPSA) is 47.8 Å². The Morgan fingerprint density at radius 1 is 1.25 bits per heavy atom. The molecule has 2 rings (SSSR count). The molecule has 1 heterocycles. The summed E-state index contributed by atoms with van der Waals surface area (Å²) >= 11 is 5.89. The summed E-state index contributed by atoms with van der Waals surface area (Å²) in [5, 5.41) is 8.82. The maximum atomic E-state index is 11.1. The molecule has 0 aliphatic carbocycles. The van der Waals surface area contributed by atoms with Crippen molar-refractivity contribution >= 4 is 17.9 Å². The molecule has 0 saturated carbocycles. The molecular weight excluding hydrogens is 274 g/mol. The van der Waals surface area contributed by atoms with Crippen molar-refractivity contribution in [3.8, 4) is 0 Å². The largest absolute Gasteiger partial charge is 0.296 e. The number of benzene rings is 1. The quantitative estimate of drug-likeness (QED) is 0.763. The number of carbonyl (C=O) groups is 1. The first kappa shape index (κ1) is 14.7. The van der Waals surface area contributed by atoms with Crippen molar-refractivity contribution < 1.29 is 4.79 Å². The van der Waals surface area contributed by atoms with Crippen LogP contribution in [-0.4, -0.2) is 21.3 Å². The minimum Gasteiger partial charge on any atom is -0.296 e. The van der Waals surface area contributed by atoms with E-state index >= 15 is 0 Å². The van der Waals surface area contributed by atoms with Crippen LogP contribution in [-0.2, 0) is 6.54 Å². The fraction of sp³-hybridized carbons (Fsp3) is 0.400. The summed E-state index contributed by atoms with van der Waals surface area (Å²) in [6, 6.07) is 7.62. The van der Waals surface area contributed by atoms with Gasteiger partial charge in [-0.1, -0.05) is 42.8 Å². The van der Waals surface area contributed by atoms with Crippen molar-refractivity contribution in [3.63, 3.8) is 0 Å². The molecule has 0 amide bonds. The van der Waals surface area contributed by atoms with E-state index in [2.05, 4.69) is 24.2 Å². The third kappa shape index (κ3) is 3.07. The Kier molecular flexibility index (Phi) is 4.90. The number of hydrogen-bond donors (Lipinski definition) is 0. The molecule has 0 aliphatic heterocycles. The van der Waals surface area contributed by atoms with Gasteiger partial charge in [-0.25, -0.2) is 4.68 Å². The number of aromatic nitrogens is 3. The molecule has 0 aliphatic rings. The number of halogens is 1. The first-order chi connectivity index (χ1) is 9.69. The summed E-state index contributed by atoms with van der Waals surface area (Å²) in [4.78, 5) is 11.1.